The van der Waals surface area contributed by atoms with E-state index in [9.17, 15) is 4.79 Å². The van der Waals surface area contributed by atoms with Crippen LogP contribution in [0.25, 0.3) is 0 Å². The van der Waals surface area contributed by atoms with Crippen molar-refractivity contribution in [3.63, 3.8) is 0 Å². The molecule has 1 amide bonds. The third-order valence-electron chi connectivity index (χ3n) is 5.00. The lowest BCUT2D eigenvalue weighted by atomic mass is 10.2. The minimum atomic E-state index is 0.0812. The smallest absolute Gasteiger partial charge is 0.278 e. The van der Waals surface area contributed by atoms with Crippen molar-refractivity contribution in [3.8, 4) is 5.75 Å². The fourth-order valence-electron chi connectivity index (χ4n) is 3.18. The van der Waals surface area contributed by atoms with Crippen LogP contribution in [0.15, 0.2) is 30.3 Å². The van der Waals surface area contributed by atoms with E-state index in [0.29, 0.717) is 6.04 Å². The number of hydrogen-bond donors (Lipinski definition) is 3. The van der Waals surface area contributed by atoms with Crippen molar-refractivity contribution in [1.82, 2.24) is 5.32 Å². The molecule has 2 aliphatic rings. The summed E-state index contributed by atoms with van der Waals surface area (Å²) in [4.78, 5) is 15.2. The number of hydrogen-bond acceptors (Lipinski definition) is 2. The first kappa shape index (κ1) is 16.3. The molecule has 0 radical (unpaired) electrons. The molecule has 1 atom stereocenters. The van der Waals surface area contributed by atoms with Gasteiger partial charge >= 0.3 is 0 Å². The maximum absolute atomic E-state index is 12.1. The van der Waals surface area contributed by atoms with E-state index in [0.717, 1.165) is 57.9 Å². The zero-order valence-electron chi connectivity index (χ0n) is 14.0. The molecule has 1 aliphatic heterocycles. The van der Waals surface area contributed by atoms with Gasteiger partial charge in [0.1, 0.15) is 45.1 Å². The molecular formula is C18H29N3O2+2. The Morgan fingerprint density at radius 2 is 1.91 bits per heavy atom. The summed E-state index contributed by atoms with van der Waals surface area (Å²) in [5, 5.41) is 3.13. The number of piperazine rings is 1. The molecule has 1 aromatic carbocycles. The van der Waals surface area contributed by atoms with E-state index in [1.165, 1.54) is 4.90 Å². The molecule has 3 rings (SSSR count). The van der Waals surface area contributed by atoms with E-state index in [4.69, 9.17) is 4.74 Å². The van der Waals surface area contributed by atoms with Crippen LogP contribution in [0.1, 0.15) is 19.8 Å². The van der Waals surface area contributed by atoms with E-state index in [1.54, 1.807) is 4.90 Å². The summed E-state index contributed by atoms with van der Waals surface area (Å²) in [5.41, 5.74) is 0. The van der Waals surface area contributed by atoms with E-state index in [2.05, 4.69) is 12.2 Å². The maximum atomic E-state index is 12.1. The molecule has 1 saturated carbocycles. The molecule has 126 valence electrons. The average Bonchev–Trinajstić information content (AvgIpc) is 3.40. The van der Waals surface area contributed by atoms with Crippen molar-refractivity contribution in [3.05, 3.63) is 30.3 Å². The summed E-state index contributed by atoms with van der Waals surface area (Å²) in [6.45, 7) is 8.23. The van der Waals surface area contributed by atoms with Gasteiger partial charge in [0.05, 0.1) is 0 Å². The highest BCUT2D eigenvalue weighted by atomic mass is 16.5. The fourth-order valence-corrected chi connectivity index (χ4v) is 3.18. The summed E-state index contributed by atoms with van der Waals surface area (Å²) < 4.78 is 5.78. The minimum Gasteiger partial charge on any atom is -0.488 e. The summed E-state index contributed by atoms with van der Waals surface area (Å²) >= 11 is 0. The molecule has 0 unspecified atom stereocenters. The molecule has 1 saturated heterocycles. The Kier molecular flexibility index (Phi) is 5.51. The largest absolute Gasteiger partial charge is 0.488 e. The summed E-state index contributed by atoms with van der Waals surface area (Å²) in [7, 11) is 0. The molecule has 2 fully saturated rings. The first-order valence-corrected chi connectivity index (χ1v) is 8.89. The number of para-hydroxylation sites is 1. The summed E-state index contributed by atoms with van der Waals surface area (Å²) in [6, 6.07) is 10.5. The number of carbonyl (C=O) groups excluding carboxylic acids is 1. The molecule has 5 nitrogen and oxygen atoms in total. The van der Waals surface area contributed by atoms with Gasteiger partial charge in [-0.1, -0.05) is 18.2 Å². The summed E-state index contributed by atoms with van der Waals surface area (Å²) in [6.07, 6.45) is 2.32. The Morgan fingerprint density at radius 3 is 2.57 bits per heavy atom. The highest BCUT2D eigenvalue weighted by Gasteiger charge is 2.33. The van der Waals surface area contributed by atoms with Crippen LogP contribution in [-0.4, -0.2) is 57.3 Å². The van der Waals surface area contributed by atoms with Crippen molar-refractivity contribution < 1.29 is 19.3 Å². The quantitative estimate of drug-likeness (QED) is 0.574. The van der Waals surface area contributed by atoms with Crippen molar-refractivity contribution in [2.24, 2.45) is 0 Å². The molecule has 1 heterocycles. The zero-order chi connectivity index (χ0) is 16.1. The van der Waals surface area contributed by atoms with Crippen LogP contribution in [0.4, 0.5) is 0 Å². The highest BCUT2D eigenvalue weighted by Crippen LogP contribution is 2.18. The number of amides is 1. The normalized spacial score (nSPS) is 25.6. The SMILES string of the molecule is C[C@@H](C(=O)NC1CC1)[NH+]1CC[NH+](CCOc2ccccc2)CC1. The molecule has 5 heteroatoms. The molecule has 0 bridgehead atoms. The highest BCUT2D eigenvalue weighted by molar-refractivity contribution is 5.80. The second kappa shape index (κ2) is 7.79. The number of benzene rings is 1. The Morgan fingerprint density at radius 1 is 1.22 bits per heavy atom. The van der Waals surface area contributed by atoms with Gasteiger partial charge in [0.15, 0.2) is 6.04 Å². The number of rotatable bonds is 7. The number of nitrogens with one attached hydrogen (secondary N) is 3. The van der Waals surface area contributed by atoms with Gasteiger partial charge in [-0.25, -0.2) is 0 Å². The molecule has 0 spiro atoms. The molecule has 1 aliphatic carbocycles. The van der Waals surface area contributed by atoms with Crippen LogP contribution in [0.2, 0.25) is 0 Å². The zero-order valence-corrected chi connectivity index (χ0v) is 14.0. The van der Waals surface area contributed by atoms with Crippen molar-refractivity contribution >= 4 is 5.91 Å². The van der Waals surface area contributed by atoms with E-state index in [1.807, 2.05) is 30.3 Å². The van der Waals surface area contributed by atoms with Crippen molar-refractivity contribution in [2.75, 3.05) is 39.3 Å². The van der Waals surface area contributed by atoms with Gasteiger partial charge in [0.25, 0.3) is 5.91 Å². The van der Waals surface area contributed by atoms with Gasteiger partial charge < -0.3 is 19.9 Å². The monoisotopic (exact) mass is 319 g/mol. The number of ether oxygens (including phenoxy) is 1. The second-order valence-corrected chi connectivity index (χ2v) is 6.82. The van der Waals surface area contributed by atoms with Crippen LogP contribution in [0, 0.1) is 0 Å². The first-order chi connectivity index (χ1) is 11.2. The third-order valence-corrected chi connectivity index (χ3v) is 5.00. The maximum Gasteiger partial charge on any atom is 0.278 e. The van der Waals surface area contributed by atoms with E-state index < -0.39 is 0 Å². The third kappa shape index (κ3) is 4.94. The molecular weight excluding hydrogens is 290 g/mol. The minimum absolute atomic E-state index is 0.0812. The predicted octanol–water partition coefficient (Wildman–Crippen LogP) is -1.48. The number of carbonyl (C=O) groups is 1. The second-order valence-electron chi connectivity index (χ2n) is 6.82. The van der Waals surface area contributed by atoms with Crippen LogP contribution in [-0.2, 0) is 4.79 Å². The Balaban J connectivity index is 1.34. The van der Waals surface area contributed by atoms with Crippen molar-refractivity contribution in [2.45, 2.75) is 31.8 Å². The van der Waals surface area contributed by atoms with Gasteiger partial charge in [0.2, 0.25) is 0 Å². The lowest BCUT2D eigenvalue weighted by molar-refractivity contribution is -1.02. The van der Waals surface area contributed by atoms with E-state index >= 15 is 0 Å². The topological polar surface area (TPSA) is 47.2 Å². The molecule has 1 aromatic rings. The number of quaternary nitrogens is 2. The van der Waals surface area contributed by atoms with Gasteiger partial charge in [-0.3, -0.25) is 4.79 Å². The molecule has 3 N–H and O–H groups in total. The average molecular weight is 319 g/mol. The van der Waals surface area contributed by atoms with Gasteiger partial charge in [-0.2, -0.15) is 0 Å². The lowest BCUT2D eigenvalue weighted by Crippen LogP contribution is -3.30. The van der Waals surface area contributed by atoms with Crippen LogP contribution >= 0.6 is 0 Å². The molecule has 23 heavy (non-hydrogen) atoms. The fraction of sp³-hybridized carbons (Fsp3) is 0.611. The van der Waals surface area contributed by atoms with Crippen LogP contribution < -0.4 is 19.9 Å². The standard InChI is InChI=1S/C18H27N3O2/c1-15(18(22)19-16-7-8-16)21-11-9-20(10-12-21)13-14-23-17-5-3-2-4-6-17/h2-6,15-16H,7-14H2,1H3,(H,19,22)/p+2/t15-/m0/s1. The predicted molar refractivity (Wildman–Crippen MR) is 88.8 cm³/mol. The Labute approximate surface area is 138 Å². The van der Waals surface area contributed by atoms with Gasteiger partial charge in [0, 0.05) is 6.04 Å². The van der Waals surface area contributed by atoms with E-state index in [-0.39, 0.29) is 11.9 Å². The Hall–Kier alpha value is -1.59. The lowest BCUT2D eigenvalue weighted by Gasteiger charge is -2.32. The van der Waals surface area contributed by atoms with Gasteiger partial charge in [-0.05, 0) is 31.9 Å². The molecule has 0 aromatic heterocycles. The van der Waals surface area contributed by atoms with Gasteiger partial charge in [-0.15, -0.1) is 0 Å². The van der Waals surface area contributed by atoms with Crippen LogP contribution in [0.5, 0.6) is 5.75 Å². The first-order valence-electron chi connectivity index (χ1n) is 8.89. The van der Waals surface area contributed by atoms with Crippen LogP contribution in [0.3, 0.4) is 0 Å². The summed E-state index contributed by atoms with van der Waals surface area (Å²) in [5.74, 6) is 1.18. The van der Waals surface area contributed by atoms with Crippen molar-refractivity contribution in [1.29, 1.82) is 0 Å². The Bertz CT molecular complexity index is 496.